The van der Waals surface area contributed by atoms with Gasteiger partial charge in [0.1, 0.15) is 22.3 Å². The SMILES string of the molecule is CCC1CN(S(=O)(=O)c2cccc(F)c2C#N)CCN1C. The first kappa shape index (κ1) is 15.9. The zero-order valence-electron chi connectivity index (χ0n) is 12.1. The van der Waals surface area contributed by atoms with E-state index in [0.29, 0.717) is 19.6 Å². The Bertz CT molecular complexity index is 669. The fourth-order valence-electron chi connectivity index (χ4n) is 2.54. The summed E-state index contributed by atoms with van der Waals surface area (Å²) in [4.78, 5) is 1.87. The number of nitriles is 1. The number of hydrogen-bond donors (Lipinski definition) is 0. The summed E-state index contributed by atoms with van der Waals surface area (Å²) in [7, 11) is -1.89. The smallest absolute Gasteiger partial charge is 0.244 e. The predicted molar refractivity (Wildman–Crippen MR) is 76.6 cm³/mol. The number of piperazine rings is 1. The minimum atomic E-state index is -3.85. The van der Waals surface area contributed by atoms with Crippen molar-refractivity contribution in [3.05, 3.63) is 29.6 Å². The molecule has 1 atom stereocenters. The van der Waals surface area contributed by atoms with E-state index in [-0.39, 0.29) is 10.9 Å². The lowest BCUT2D eigenvalue weighted by molar-refractivity contribution is 0.144. The van der Waals surface area contributed by atoms with Crippen LogP contribution in [-0.2, 0) is 10.0 Å². The van der Waals surface area contributed by atoms with E-state index in [1.165, 1.54) is 16.4 Å². The van der Waals surface area contributed by atoms with Crippen LogP contribution in [0.4, 0.5) is 4.39 Å². The van der Waals surface area contributed by atoms with E-state index in [0.717, 1.165) is 12.5 Å². The zero-order valence-corrected chi connectivity index (χ0v) is 12.9. The average Bonchev–Trinajstić information content (AvgIpc) is 2.47. The lowest BCUT2D eigenvalue weighted by atomic mass is 10.1. The Balaban J connectivity index is 2.40. The summed E-state index contributed by atoms with van der Waals surface area (Å²) in [6.45, 7) is 3.32. The lowest BCUT2D eigenvalue weighted by Crippen LogP contribution is -2.52. The van der Waals surface area contributed by atoms with Crippen molar-refractivity contribution in [2.24, 2.45) is 0 Å². The normalized spacial score (nSPS) is 21.1. The highest BCUT2D eigenvalue weighted by atomic mass is 32.2. The Labute approximate surface area is 124 Å². The number of sulfonamides is 1. The van der Waals surface area contributed by atoms with Gasteiger partial charge >= 0.3 is 0 Å². The third-order valence-electron chi connectivity index (χ3n) is 3.92. The van der Waals surface area contributed by atoms with Crippen molar-refractivity contribution in [1.29, 1.82) is 5.26 Å². The van der Waals surface area contributed by atoms with E-state index in [4.69, 9.17) is 5.26 Å². The first-order valence-corrected chi connectivity index (χ1v) is 8.24. The minimum absolute atomic E-state index is 0.132. The Morgan fingerprint density at radius 1 is 1.43 bits per heavy atom. The average molecular weight is 311 g/mol. The monoisotopic (exact) mass is 311 g/mol. The van der Waals surface area contributed by atoms with Crippen molar-refractivity contribution in [2.75, 3.05) is 26.7 Å². The van der Waals surface area contributed by atoms with E-state index in [1.54, 1.807) is 6.07 Å². The Morgan fingerprint density at radius 3 is 2.76 bits per heavy atom. The molecule has 1 aromatic rings. The van der Waals surface area contributed by atoms with Gasteiger partial charge in [0.05, 0.1) is 0 Å². The van der Waals surface area contributed by atoms with Crippen molar-refractivity contribution in [1.82, 2.24) is 9.21 Å². The second kappa shape index (κ2) is 6.10. The molecule has 1 unspecified atom stereocenters. The number of halogens is 1. The quantitative estimate of drug-likeness (QED) is 0.847. The molecule has 21 heavy (non-hydrogen) atoms. The summed E-state index contributed by atoms with van der Waals surface area (Å²) in [6.07, 6.45) is 0.830. The van der Waals surface area contributed by atoms with Gasteiger partial charge in [-0.3, -0.25) is 0 Å². The number of hydrogen-bond acceptors (Lipinski definition) is 4. The third kappa shape index (κ3) is 2.93. The Hall–Kier alpha value is -1.49. The van der Waals surface area contributed by atoms with Crippen LogP contribution in [0.3, 0.4) is 0 Å². The van der Waals surface area contributed by atoms with Crippen molar-refractivity contribution in [3.8, 4) is 6.07 Å². The number of rotatable bonds is 3. The van der Waals surface area contributed by atoms with Crippen LogP contribution in [0.25, 0.3) is 0 Å². The van der Waals surface area contributed by atoms with Crippen LogP contribution in [-0.4, -0.2) is 50.3 Å². The maximum absolute atomic E-state index is 13.6. The fourth-order valence-corrected chi connectivity index (χ4v) is 4.16. The number of benzene rings is 1. The minimum Gasteiger partial charge on any atom is -0.301 e. The van der Waals surface area contributed by atoms with Gasteiger partial charge in [-0.15, -0.1) is 0 Å². The van der Waals surface area contributed by atoms with E-state index >= 15 is 0 Å². The van der Waals surface area contributed by atoms with Gasteiger partial charge in [0.2, 0.25) is 10.0 Å². The molecule has 1 aliphatic rings. The van der Waals surface area contributed by atoms with Crippen LogP contribution in [0, 0.1) is 17.1 Å². The molecule has 7 heteroatoms. The first-order valence-electron chi connectivity index (χ1n) is 6.80. The van der Waals surface area contributed by atoms with Crippen molar-refractivity contribution in [3.63, 3.8) is 0 Å². The second-order valence-electron chi connectivity index (χ2n) is 5.13. The molecule has 1 aromatic carbocycles. The van der Waals surface area contributed by atoms with Gasteiger partial charge in [-0.05, 0) is 25.6 Å². The molecule has 0 aromatic heterocycles. The van der Waals surface area contributed by atoms with Crippen LogP contribution in [0.5, 0.6) is 0 Å². The molecule has 1 saturated heterocycles. The highest BCUT2D eigenvalue weighted by molar-refractivity contribution is 7.89. The van der Waals surface area contributed by atoms with Crippen LogP contribution in [0.15, 0.2) is 23.1 Å². The molecule has 2 rings (SSSR count). The molecular weight excluding hydrogens is 293 g/mol. The van der Waals surface area contributed by atoms with Crippen LogP contribution >= 0.6 is 0 Å². The highest BCUT2D eigenvalue weighted by Gasteiger charge is 2.33. The number of likely N-dealkylation sites (N-methyl/N-ethyl adjacent to an activating group) is 1. The molecule has 1 aliphatic heterocycles. The molecule has 5 nitrogen and oxygen atoms in total. The second-order valence-corrected chi connectivity index (χ2v) is 7.04. The van der Waals surface area contributed by atoms with Gasteiger partial charge in [-0.25, -0.2) is 12.8 Å². The molecule has 0 bridgehead atoms. The molecule has 1 heterocycles. The van der Waals surface area contributed by atoms with Crippen molar-refractivity contribution in [2.45, 2.75) is 24.3 Å². The largest absolute Gasteiger partial charge is 0.301 e. The van der Waals surface area contributed by atoms with E-state index in [2.05, 4.69) is 4.90 Å². The summed E-state index contributed by atoms with van der Waals surface area (Å²) in [6, 6.07) is 5.48. The molecular formula is C14H18FN3O2S. The van der Waals surface area contributed by atoms with Crippen LogP contribution in [0.1, 0.15) is 18.9 Å². The lowest BCUT2D eigenvalue weighted by Gasteiger charge is -2.38. The Morgan fingerprint density at radius 2 is 2.14 bits per heavy atom. The highest BCUT2D eigenvalue weighted by Crippen LogP contribution is 2.24. The molecule has 1 fully saturated rings. The molecule has 0 radical (unpaired) electrons. The van der Waals surface area contributed by atoms with E-state index in [1.807, 2.05) is 14.0 Å². The Kier molecular flexibility index (Phi) is 4.61. The third-order valence-corrected chi connectivity index (χ3v) is 5.82. The van der Waals surface area contributed by atoms with Gasteiger partial charge < -0.3 is 4.90 Å². The standard InChI is InChI=1S/C14H18FN3O2S/c1-3-11-10-18(8-7-17(11)2)21(19,20)14-6-4-5-13(15)12(14)9-16/h4-6,11H,3,7-8,10H2,1-2H3. The maximum Gasteiger partial charge on any atom is 0.244 e. The van der Waals surface area contributed by atoms with Gasteiger partial charge in [-0.2, -0.15) is 9.57 Å². The van der Waals surface area contributed by atoms with Crippen molar-refractivity contribution < 1.29 is 12.8 Å². The van der Waals surface area contributed by atoms with E-state index < -0.39 is 21.4 Å². The molecule has 0 N–H and O–H groups in total. The topological polar surface area (TPSA) is 64.4 Å². The molecule has 0 spiro atoms. The zero-order chi connectivity index (χ0) is 15.6. The number of nitrogens with zero attached hydrogens (tertiary/aromatic N) is 3. The van der Waals surface area contributed by atoms with E-state index in [9.17, 15) is 12.8 Å². The summed E-state index contributed by atoms with van der Waals surface area (Å²) >= 11 is 0. The summed E-state index contributed by atoms with van der Waals surface area (Å²) in [5.74, 6) is -0.806. The fraction of sp³-hybridized carbons (Fsp3) is 0.500. The maximum atomic E-state index is 13.6. The van der Waals surface area contributed by atoms with Crippen LogP contribution < -0.4 is 0 Å². The molecule has 0 saturated carbocycles. The molecule has 114 valence electrons. The molecule has 0 aliphatic carbocycles. The summed E-state index contributed by atoms with van der Waals surface area (Å²) < 4.78 is 40.3. The van der Waals surface area contributed by atoms with Gasteiger partial charge in [-0.1, -0.05) is 13.0 Å². The van der Waals surface area contributed by atoms with Crippen molar-refractivity contribution >= 4 is 10.0 Å². The summed E-state index contributed by atoms with van der Waals surface area (Å²) in [5, 5.41) is 9.02. The molecule has 0 amide bonds. The van der Waals surface area contributed by atoms with Gasteiger partial charge in [0.25, 0.3) is 0 Å². The van der Waals surface area contributed by atoms with Gasteiger partial charge in [0.15, 0.2) is 0 Å². The van der Waals surface area contributed by atoms with Gasteiger partial charge in [0, 0.05) is 25.7 Å². The summed E-state index contributed by atoms with van der Waals surface area (Å²) in [5.41, 5.74) is -0.413. The predicted octanol–water partition coefficient (Wildman–Crippen LogP) is 1.41. The van der Waals surface area contributed by atoms with Crippen LogP contribution in [0.2, 0.25) is 0 Å². The first-order chi connectivity index (χ1) is 9.91.